The van der Waals surface area contributed by atoms with E-state index in [-0.39, 0.29) is 11.8 Å². The van der Waals surface area contributed by atoms with Crippen LogP contribution in [0.3, 0.4) is 0 Å². The normalized spacial score (nSPS) is 13.6. The van der Waals surface area contributed by atoms with Crippen molar-refractivity contribution in [3.8, 4) is 5.75 Å². The number of hydrogen-bond donors (Lipinski definition) is 0. The summed E-state index contributed by atoms with van der Waals surface area (Å²) in [6.07, 6.45) is 0. The highest BCUT2D eigenvalue weighted by Gasteiger charge is 2.39. The fraction of sp³-hybridized carbons (Fsp3) is 0.292. The second kappa shape index (κ2) is 8.00. The molecule has 2 heterocycles. The predicted octanol–water partition coefficient (Wildman–Crippen LogP) is 4.16. The lowest BCUT2D eigenvalue weighted by atomic mass is 10.0. The molecule has 4 rings (SSSR count). The van der Waals surface area contributed by atoms with Crippen molar-refractivity contribution in [2.24, 2.45) is 0 Å². The van der Waals surface area contributed by atoms with E-state index in [0.717, 1.165) is 21.9 Å². The first-order chi connectivity index (χ1) is 14.9. The quantitative estimate of drug-likeness (QED) is 0.538. The summed E-state index contributed by atoms with van der Waals surface area (Å²) in [4.78, 5) is 26.8. The number of methoxy groups -OCH3 is 1. The van der Waals surface area contributed by atoms with E-state index in [1.807, 2.05) is 45.0 Å². The summed E-state index contributed by atoms with van der Waals surface area (Å²) in [7, 11) is 1.63. The Hall–Kier alpha value is -3.45. The van der Waals surface area contributed by atoms with Gasteiger partial charge in [-0.25, -0.2) is 4.90 Å². The molecular formula is C24H25N3O4. The average Bonchev–Trinajstić information content (AvgIpc) is 3.32. The molecule has 0 bridgehead atoms. The first-order valence-electron chi connectivity index (χ1n) is 10.2. The van der Waals surface area contributed by atoms with E-state index in [2.05, 4.69) is 5.10 Å². The Bertz CT molecular complexity index is 1100. The average molecular weight is 419 g/mol. The summed E-state index contributed by atoms with van der Waals surface area (Å²) in [5.74, 6) is 0.386. The Morgan fingerprint density at radius 2 is 1.58 bits per heavy atom. The van der Waals surface area contributed by atoms with Crippen LogP contribution in [-0.2, 0) is 23.5 Å². The summed E-state index contributed by atoms with van der Waals surface area (Å²) in [5.41, 5.74) is 1.90. The van der Waals surface area contributed by atoms with Gasteiger partial charge in [-0.3, -0.25) is 14.3 Å². The number of amides is 2. The van der Waals surface area contributed by atoms with Gasteiger partial charge in [-0.2, -0.15) is 5.10 Å². The van der Waals surface area contributed by atoms with Crippen LogP contribution in [0.4, 0.5) is 5.82 Å². The molecule has 2 aromatic carbocycles. The molecule has 0 atom stereocenters. The van der Waals surface area contributed by atoms with Crippen LogP contribution in [0.25, 0.3) is 0 Å². The standard InChI is InChI=1S/C24H25N3O4/c1-5-26-20(24(2,3)31-15-16-10-12-17(30-4)13-11-16)14-21(25-26)27-22(28)18-8-6-7-9-19(18)23(27)29/h6-14H,5,15H2,1-4H3. The van der Waals surface area contributed by atoms with Gasteiger partial charge >= 0.3 is 0 Å². The Labute approximate surface area is 181 Å². The summed E-state index contributed by atoms with van der Waals surface area (Å²) in [6.45, 7) is 6.84. The fourth-order valence-corrected chi connectivity index (χ4v) is 3.69. The van der Waals surface area contributed by atoms with Gasteiger partial charge in [0.25, 0.3) is 11.8 Å². The fourth-order valence-electron chi connectivity index (χ4n) is 3.69. The van der Waals surface area contributed by atoms with Gasteiger partial charge in [0.05, 0.1) is 30.5 Å². The van der Waals surface area contributed by atoms with E-state index < -0.39 is 5.60 Å². The second-order valence-corrected chi connectivity index (χ2v) is 7.84. The highest BCUT2D eigenvalue weighted by molar-refractivity contribution is 6.34. The highest BCUT2D eigenvalue weighted by Crippen LogP contribution is 2.33. The first-order valence-corrected chi connectivity index (χ1v) is 10.2. The van der Waals surface area contributed by atoms with Crippen LogP contribution >= 0.6 is 0 Å². The van der Waals surface area contributed by atoms with Crippen molar-refractivity contribution in [2.75, 3.05) is 12.0 Å². The number of carbonyl (C=O) groups is 2. The minimum Gasteiger partial charge on any atom is -0.497 e. The summed E-state index contributed by atoms with van der Waals surface area (Å²) in [6, 6.07) is 16.3. The second-order valence-electron chi connectivity index (χ2n) is 7.84. The molecule has 0 radical (unpaired) electrons. The topological polar surface area (TPSA) is 73.7 Å². The van der Waals surface area contributed by atoms with Crippen molar-refractivity contribution in [3.63, 3.8) is 0 Å². The van der Waals surface area contributed by atoms with E-state index in [0.29, 0.717) is 30.1 Å². The van der Waals surface area contributed by atoms with E-state index in [1.54, 1.807) is 42.1 Å². The van der Waals surface area contributed by atoms with Crippen molar-refractivity contribution in [2.45, 2.75) is 39.5 Å². The number of benzene rings is 2. The lowest BCUT2D eigenvalue weighted by Gasteiger charge is -2.26. The van der Waals surface area contributed by atoms with Crippen LogP contribution in [0.15, 0.2) is 54.6 Å². The number of ether oxygens (including phenoxy) is 2. The van der Waals surface area contributed by atoms with Crippen LogP contribution in [0.1, 0.15) is 52.7 Å². The summed E-state index contributed by atoms with van der Waals surface area (Å²) in [5, 5.41) is 4.54. The van der Waals surface area contributed by atoms with Gasteiger partial charge in [0.1, 0.15) is 11.4 Å². The van der Waals surface area contributed by atoms with Crippen molar-refractivity contribution in [1.29, 1.82) is 0 Å². The Morgan fingerprint density at radius 3 is 2.13 bits per heavy atom. The molecule has 7 nitrogen and oxygen atoms in total. The molecule has 2 amide bonds. The van der Waals surface area contributed by atoms with Gasteiger partial charge in [0.2, 0.25) is 0 Å². The minimum atomic E-state index is -0.695. The maximum atomic E-state index is 12.8. The molecule has 3 aromatic rings. The largest absolute Gasteiger partial charge is 0.497 e. The number of imide groups is 1. The van der Waals surface area contributed by atoms with Crippen LogP contribution in [0.5, 0.6) is 5.75 Å². The molecule has 0 aliphatic carbocycles. The summed E-state index contributed by atoms with van der Waals surface area (Å²) < 4.78 is 13.2. The van der Waals surface area contributed by atoms with E-state index in [9.17, 15) is 9.59 Å². The maximum absolute atomic E-state index is 12.8. The molecule has 0 spiro atoms. The zero-order chi connectivity index (χ0) is 22.2. The molecule has 1 aromatic heterocycles. The Kier molecular flexibility index (Phi) is 5.37. The molecule has 0 unspecified atom stereocenters. The van der Waals surface area contributed by atoms with E-state index in [4.69, 9.17) is 9.47 Å². The number of aryl methyl sites for hydroxylation is 1. The van der Waals surface area contributed by atoms with E-state index >= 15 is 0 Å². The third kappa shape index (κ3) is 3.72. The van der Waals surface area contributed by atoms with Gasteiger partial charge in [0, 0.05) is 12.6 Å². The Morgan fingerprint density at radius 1 is 0.968 bits per heavy atom. The molecular weight excluding hydrogens is 394 g/mol. The lowest BCUT2D eigenvalue weighted by Crippen LogP contribution is -2.29. The van der Waals surface area contributed by atoms with Crippen LogP contribution in [-0.4, -0.2) is 28.7 Å². The third-order valence-electron chi connectivity index (χ3n) is 5.47. The molecule has 1 aliphatic heterocycles. The smallest absolute Gasteiger partial charge is 0.267 e. The van der Waals surface area contributed by atoms with Gasteiger partial charge in [0.15, 0.2) is 5.82 Å². The van der Waals surface area contributed by atoms with Crippen LogP contribution in [0, 0.1) is 0 Å². The van der Waals surface area contributed by atoms with Crippen molar-refractivity contribution >= 4 is 17.6 Å². The number of anilines is 1. The molecule has 160 valence electrons. The molecule has 0 fully saturated rings. The first kappa shape index (κ1) is 20.8. The molecule has 1 aliphatic rings. The Balaban J connectivity index is 1.59. The molecule has 7 heteroatoms. The molecule has 0 N–H and O–H groups in total. The van der Waals surface area contributed by atoms with E-state index in [1.165, 1.54) is 0 Å². The maximum Gasteiger partial charge on any atom is 0.267 e. The molecule has 31 heavy (non-hydrogen) atoms. The summed E-state index contributed by atoms with van der Waals surface area (Å²) >= 11 is 0. The third-order valence-corrected chi connectivity index (χ3v) is 5.47. The van der Waals surface area contributed by atoms with Crippen LogP contribution < -0.4 is 9.64 Å². The predicted molar refractivity (Wildman–Crippen MR) is 116 cm³/mol. The monoisotopic (exact) mass is 419 g/mol. The number of nitrogens with zero attached hydrogens (tertiary/aromatic N) is 3. The number of hydrogen-bond acceptors (Lipinski definition) is 5. The van der Waals surface area contributed by atoms with Crippen molar-refractivity contribution in [1.82, 2.24) is 9.78 Å². The van der Waals surface area contributed by atoms with Crippen molar-refractivity contribution < 1.29 is 19.1 Å². The molecule has 0 saturated heterocycles. The number of aromatic nitrogens is 2. The zero-order valence-corrected chi connectivity index (χ0v) is 18.1. The van der Waals surface area contributed by atoms with Gasteiger partial charge in [-0.05, 0) is 50.6 Å². The van der Waals surface area contributed by atoms with Crippen molar-refractivity contribution in [3.05, 3.63) is 77.0 Å². The zero-order valence-electron chi connectivity index (χ0n) is 18.1. The number of carbonyl (C=O) groups excluding carboxylic acids is 2. The van der Waals surface area contributed by atoms with Gasteiger partial charge in [-0.1, -0.05) is 24.3 Å². The van der Waals surface area contributed by atoms with Gasteiger partial charge in [-0.15, -0.1) is 0 Å². The van der Waals surface area contributed by atoms with Crippen LogP contribution in [0.2, 0.25) is 0 Å². The van der Waals surface area contributed by atoms with Gasteiger partial charge < -0.3 is 9.47 Å². The number of rotatable bonds is 7. The SMILES string of the molecule is CCn1nc(N2C(=O)c3ccccc3C2=O)cc1C(C)(C)OCc1ccc(OC)cc1. The lowest BCUT2D eigenvalue weighted by molar-refractivity contribution is -0.0397. The minimum absolute atomic E-state index is 0.309. The highest BCUT2D eigenvalue weighted by atomic mass is 16.5. The molecule has 0 saturated carbocycles. The number of fused-ring (bicyclic) bond motifs is 1.